The van der Waals surface area contributed by atoms with E-state index in [0.29, 0.717) is 6.54 Å². The van der Waals surface area contributed by atoms with E-state index in [-0.39, 0.29) is 0 Å². The average Bonchev–Trinajstić information content (AvgIpc) is 3.09. The van der Waals surface area contributed by atoms with Crippen molar-refractivity contribution in [1.82, 2.24) is 9.78 Å². The molecule has 0 aliphatic rings. The molecule has 5 nitrogen and oxygen atoms in total. The summed E-state index contributed by atoms with van der Waals surface area (Å²) in [7, 11) is 0. The van der Waals surface area contributed by atoms with Gasteiger partial charge in [-0.25, -0.2) is 4.68 Å². The number of aromatic nitrogens is 2. The number of carboxylic acids is 1. The monoisotopic (exact) mass is 399 g/mol. The van der Waals surface area contributed by atoms with Gasteiger partial charge in [0.05, 0.1) is 17.8 Å². The third-order valence-electron chi connectivity index (χ3n) is 3.98. The molecule has 0 bridgehead atoms. The van der Waals surface area contributed by atoms with Crippen LogP contribution < -0.4 is 5.32 Å². The van der Waals surface area contributed by atoms with Crippen LogP contribution >= 0.6 is 15.9 Å². The van der Waals surface area contributed by atoms with E-state index in [0.717, 1.165) is 27.0 Å². The second-order valence-electron chi connectivity index (χ2n) is 5.81. The van der Waals surface area contributed by atoms with E-state index in [1.54, 1.807) is 6.92 Å². The van der Waals surface area contributed by atoms with Gasteiger partial charge < -0.3 is 10.4 Å². The lowest BCUT2D eigenvalue weighted by atomic mass is 10.0. The number of carbonyl (C=O) groups is 1. The summed E-state index contributed by atoms with van der Waals surface area (Å²) < 4.78 is 2.85. The van der Waals surface area contributed by atoms with Crippen LogP contribution in [0.25, 0.3) is 5.69 Å². The smallest absolute Gasteiger partial charge is 0.310 e. The Labute approximate surface area is 154 Å². The van der Waals surface area contributed by atoms with Crippen molar-refractivity contribution in [3.8, 4) is 5.69 Å². The molecule has 1 unspecified atom stereocenters. The van der Waals surface area contributed by atoms with Gasteiger partial charge >= 0.3 is 5.97 Å². The standard InChI is InChI=1S/C19H18BrN3O2/c1-13(19(24)25)15-3-2-4-17(9-15)21-10-14-11-22-23(12-14)18-7-5-16(20)6-8-18/h2-9,11-13,21H,10H2,1H3,(H,24,25). The lowest BCUT2D eigenvalue weighted by Gasteiger charge is -2.10. The minimum atomic E-state index is -0.826. The molecule has 1 aromatic heterocycles. The fourth-order valence-corrected chi connectivity index (χ4v) is 2.72. The number of nitrogens with zero attached hydrogens (tertiary/aromatic N) is 2. The van der Waals surface area contributed by atoms with E-state index < -0.39 is 11.9 Å². The maximum atomic E-state index is 11.1. The van der Waals surface area contributed by atoms with Crippen LogP contribution in [-0.4, -0.2) is 20.9 Å². The summed E-state index contributed by atoms with van der Waals surface area (Å²) in [6.07, 6.45) is 3.79. The van der Waals surface area contributed by atoms with Crippen molar-refractivity contribution in [2.45, 2.75) is 19.4 Å². The molecule has 3 rings (SSSR count). The molecule has 0 saturated carbocycles. The Kier molecular flexibility index (Phi) is 5.19. The molecule has 1 heterocycles. The molecule has 0 fully saturated rings. The van der Waals surface area contributed by atoms with E-state index in [2.05, 4.69) is 26.3 Å². The molecule has 0 amide bonds. The fraction of sp³-hybridized carbons (Fsp3) is 0.158. The predicted octanol–water partition coefficient (Wildman–Crippen LogP) is 4.44. The van der Waals surface area contributed by atoms with E-state index in [1.165, 1.54) is 0 Å². The number of halogens is 1. The van der Waals surface area contributed by atoms with Crippen LogP contribution in [0.15, 0.2) is 65.4 Å². The number of rotatable bonds is 6. The Morgan fingerprint density at radius 2 is 2.04 bits per heavy atom. The Hall–Kier alpha value is -2.60. The predicted molar refractivity (Wildman–Crippen MR) is 101 cm³/mol. The molecule has 128 valence electrons. The number of aliphatic carboxylic acids is 1. The van der Waals surface area contributed by atoms with Gasteiger partial charge in [0.2, 0.25) is 0 Å². The van der Waals surface area contributed by atoms with E-state index in [9.17, 15) is 4.79 Å². The zero-order chi connectivity index (χ0) is 17.8. The summed E-state index contributed by atoms with van der Waals surface area (Å²) in [5.41, 5.74) is 3.70. The number of benzene rings is 2. The minimum Gasteiger partial charge on any atom is -0.481 e. The lowest BCUT2D eigenvalue weighted by molar-refractivity contribution is -0.138. The quantitative estimate of drug-likeness (QED) is 0.642. The third-order valence-corrected chi connectivity index (χ3v) is 4.51. The summed E-state index contributed by atoms with van der Waals surface area (Å²) in [5.74, 6) is -1.35. The second kappa shape index (κ2) is 7.53. The van der Waals surface area contributed by atoms with E-state index in [4.69, 9.17) is 5.11 Å². The highest BCUT2D eigenvalue weighted by Crippen LogP contribution is 2.20. The number of anilines is 1. The molecule has 3 aromatic rings. The first-order chi connectivity index (χ1) is 12.0. The molecule has 6 heteroatoms. The first-order valence-corrected chi connectivity index (χ1v) is 8.68. The SMILES string of the molecule is CC(C(=O)O)c1cccc(NCc2cnn(-c3ccc(Br)cc3)c2)c1. The van der Waals surface area contributed by atoms with Crippen molar-refractivity contribution < 1.29 is 9.90 Å². The van der Waals surface area contributed by atoms with Gasteiger partial charge in [-0.05, 0) is 48.9 Å². The van der Waals surface area contributed by atoms with Gasteiger partial charge in [0.1, 0.15) is 0 Å². The summed E-state index contributed by atoms with van der Waals surface area (Å²) in [6, 6.07) is 15.4. The second-order valence-corrected chi connectivity index (χ2v) is 6.72. The highest BCUT2D eigenvalue weighted by atomic mass is 79.9. The Morgan fingerprint density at radius 1 is 1.28 bits per heavy atom. The zero-order valence-electron chi connectivity index (χ0n) is 13.7. The summed E-state index contributed by atoms with van der Waals surface area (Å²) in [4.78, 5) is 11.1. The van der Waals surface area contributed by atoms with Crippen molar-refractivity contribution in [3.05, 3.63) is 76.5 Å². The van der Waals surface area contributed by atoms with Gasteiger partial charge in [-0.2, -0.15) is 5.10 Å². The molecule has 25 heavy (non-hydrogen) atoms. The van der Waals surface area contributed by atoms with Gasteiger partial charge in [-0.15, -0.1) is 0 Å². The largest absolute Gasteiger partial charge is 0.481 e. The van der Waals surface area contributed by atoms with Crippen molar-refractivity contribution in [1.29, 1.82) is 0 Å². The zero-order valence-corrected chi connectivity index (χ0v) is 15.3. The molecule has 2 aromatic carbocycles. The Balaban J connectivity index is 1.67. The molecule has 0 aliphatic carbocycles. The number of hydrogen-bond acceptors (Lipinski definition) is 3. The lowest BCUT2D eigenvalue weighted by Crippen LogP contribution is -2.08. The molecule has 2 N–H and O–H groups in total. The summed E-state index contributed by atoms with van der Waals surface area (Å²) in [5, 5.41) is 16.8. The van der Waals surface area contributed by atoms with Crippen molar-refractivity contribution in [2.24, 2.45) is 0 Å². The first kappa shape index (κ1) is 17.2. The number of carboxylic acid groups (broad SMARTS) is 1. The Bertz CT molecular complexity index is 874. The van der Waals surface area contributed by atoms with Crippen molar-refractivity contribution in [3.63, 3.8) is 0 Å². The molecule has 0 aliphatic heterocycles. The van der Waals surface area contributed by atoms with Crippen LogP contribution in [0, 0.1) is 0 Å². The van der Waals surface area contributed by atoms with E-state index >= 15 is 0 Å². The normalized spacial score (nSPS) is 11.9. The van der Waals surface area contributed by atoms with Crippen LogP contribution in [0.2, 0.25) is 0 Å². The molecule has 0 radical (unpaired) electrons. The number of hydrogen-bond donors (Lipinski definition) is 2. The van der Waals surface area contributed by atoms with E-state index in [1.807, 2.05) is 65.6 Å². The van der Waals surface area contributed by atoms with Crippen LogP contribution in [0.1, 0.15) is 24.0 Å². The Morgan fingerprint density at radius 3 is 2.76 bits per heavy atom. The van der Waals surface area contributed by atoms with Crippen molar-refractivity contribution in [2.75, 3.05) is 5.32 Å². The molecule has 0 saturated heterocycles. The molecular formula is C19H18BrN3O2. The van der Waals surface area contributed by atoms with Gasteiger partial charge in [-0.1, -0.05) is 28.1 Å². The summed E-state index contributed by atoms with van der Waals surface area (Å²) >= 11 is 3.42. The van der Waals surface area contributed by atoms with Crippen LogP contribution in [0.4, 0.5) is 5.69 Å². The van der Waals surface area contributed by atoms with Gasteiger partial charge in [0.15, 0.2) is 0 Å². The number of nitrogens with one attached hydrogen (secondary N) is 1. The topological polar surface area (TPSA) is 67.2 Å². The van der Waals surface area contributed by atoms with Crippen LogP contribution in [-0.2, 0) is 11.3 Å². The minimum absolute atomic E-state index is 0.526. The maximum Gasteiger partial charge on any atom is 0.310 e. The van der Waals surface area contributed by atoms with Crippen molar-refractivity contribution >= 4 is 27.6 Å². The summed E-state index contributed by atoms with van der Waals surface area (Å²) in [6.45, 7) is 2.30. The maximum absolute atomic E-state index is 11.1. The van der Waals surface area contributed by atoms with Crippen LogP contribution in [0.3, 0.4) is 0 Å². The molecule has 1 atom stereocenters. The molecule has 0 spiro atoms. The third kappa shape index (κ3) is 4.28. The highest BCUT2D eigenvalue weighted by Gasteiger charge is 2.13. The average molecular weight is 400 g/mol. The van der Waals surface area contributed by atoms with Gasteiger partial charge in [0.25, 0.3) is 0 Å². The van der Waals surface area contributed by atoms with Crippen LogP contribution in [0.5, 0.6) is 0 Å². The highest BCUT2D eigenvalue weighted by molar-refractivity contribution is 9.10. The van der Waals surface area contributed by atoms with Gasteiger partial charge in [-0.3, -0.25) is 4.79 Å². The molecular weight excluding hydrogens is 382 g/mol. The fourth-order valence-electron chi connectivity index (χ4n) is 2.45. The van der Waals surface area contributed by atoms with Gasteiger partial charge in [0, 0.05) is 28.5 Å². The first-order valence-electron chi connectivity index (χ1n) is 7.89.